The third-order valence-electron chi connectivity index (χ3n) is 2.57. The molecule has 0 radical (unpaired) electrons. The highest BCUT2D eigenvalue weighted by Gasteiger charge is 2.04. The first kappa shape index (κ1) is 13.1. The number of amides is 1. The number of rotatable bonds is 5. The fourth-order valence-electron chi connectivity index (χ4n) is 1.56. The Hall–Kier alpha value is -2.36. The van der Waals surface area contributed by atoms with Crippen molar-refractivity contribution < 1.29 is 9.53 Å². The van der Waals surface area contributed by atoms with Crippen LogP contribution in [0.2, 0.25) is 0 Å². The van der Waals surface area contributed by atoms with Crippen LogP contribution < -0.4 is 10.1 Å². The second-order valence-corrected chi connectivity index (χ2v) is 4.13. The van der Waals surface area contributed by atoms with E-state index in [0.717, 1.165) is 5.75 Å². The number of ether oxygens (including phenoxy) is 1. The van der Waals surface area contributed by atoms with Crippen LogP contribution in [0.15, 0.2) is 48.7 Å². The monoisotopic (exact) mass is 256 g/mol. The van der Waals surface area contributed by atoms with Crippen LogP contribution in [0.1, 0.15) is 16.1 Å². The summed E-state index contributed by atoms with van der Waals surface area (Å²) >= 11 is 0. The molecule has 19 heavy (non-hydrogen) atoms. The van der Waals surface area contributed by atoms with Crippen molar-refractivity contribution in [3.63, 3.8) is 0 Å². The number of pyridine rings is 1. The Labute approximate surface area is 112 Å². The number of carbonyl (C=O) groups excluding carboxylic acids is 1. The van der Waals surface area contributed by atoms with Gasteiger partial charge in [0.1, 0.15) is 18.1 Å². The van der Waals surface area contributed by atoms with Gasteiger partial charge in [-0.3, -0.25) is 9.78 Å². The summed E-state index contributed by atoms with van der Waals surface area (Å²) in [7, 11) is 0. The minimum absolute atomic E-state index is 0.187. The second kappa shape index (κ2) is 6.54. The number of hydrogen-bond acceptors (Lipinski definition) is 3. The van der Waals surface area contributed by atoms with E-state index in [2.05, 4.69) is 10.3 Å². The van der Waals surface area contributed by atoms with E-state index >= 15 is 0 Å². The highest BCUT2D eigenvalue weighted by molar-refractivity contribution is 5.92. The number of nitrogens with one attached hydrogen (secondary N) is 1. The molecular formula is C15H16N2O2. The lowest BCUT2D eigenvalue weighted by Crippen LogP contribution is -2.28. The van der Waals surface area contributed by atoms with Crippen molar-refractivity contribution in [2.75, 3.05) is 13.2 Å². The molecule has 0 fully saturated rings. The van der Waals surface area contributed by atoms with Gasteiger partial charge < -0.3 is 10.1 Å². The summed E-state index contributed by atoms with van der Waals surface area (Å²) < 4.78 is 5.51. The number of aryl methyl sites for hydroxylation is 1. The van der Waals surface area contributed by atoms with E-state index < -0.39 is 0 Å². The van der Waals surface area contributed by atoms with Crippen LogP contribution in [0.5, 0.6) is 5.75 Å². The van der Waals surface area contributed by atoms with Crippen molar-refractivity contribution in [3.05, 3.63) is 59.9 Å². The molecule has 4 nitrogen and oxygen atoms in total. The standard InChI is InChI=1S/C15H16N2O2/c1-12-5-7-13(8-6-12)19-11-10-17-15(18)14-4-2-3-9-16-14/h2-9H,10-11H2,1H3,(H,17,18). The van der Waals surface area contributed by atoms with Gasteiger partial charge in [-0.1, -0.05) is 23.8 Å². The normalized spacial score (nSPS) is 9.95. The molecule has 0 saturated heterocycles. The molecule has 1 aromatic carbocycles. The zero-order valence-corrected chi connectivity index (χ0v) is 10.8. The van der Waals surface area contributed by atoms with E-state index in [0.29, 0.717) is 18.8 Å². The molecule has 1 heterocycles. The number of hydrogen-bond donors (Lipinski definition) is 1. The molecule has 0 bridgehead atoms. The smallest absolute Gasteiger partial charge is 0.269 e. The SMILES string of the molecule is Cc1ccc(OCCNC(=O)c2ccccn2)cc1. The van der Waals surface area contributed by atoms with Gasteiger partial charge in [0.2, 0.25) is 0 Å². The van der Waals surface area contributed by atoms with E-state index in [1.54, 1.807) is 24.4 Å². The Bertz CT molecular complexity index is 524. The number of benzene rings is 1. The molecule has 0 atom stereocenters. The third kappa shape index (κ3) is 4.10. The van der Waals surface area contributed by atoms with Crippen LogP contribution in [0.25, 0.3) is 0 Å². The van der Waals surface area contributed by atoms with Crippen LogP contribution >= 0.6 is 0 Å². The van der Waals surface area contributed by atoms with Crippen LogP contribution in [-0.4, -0.2) is 24.0 Å². The van der Waals surface area contributed by atoms with Crippen LogP contribution in [-0.2, 0) is 0 Å². The van der Waals surface area contributed by atoms with Crippen LogP contribution in [0.3, 0.4) is 0 Å². The lowest BCUT2D eigenvalue weighted by Gasteiger charge is -2.07. The number of aromatic nitrogens is 1. The Kier molecular flexibility index (Phi) is 4.50. The Balaban J connectivity index is 1.72. The zero-order valence-electron chi connectivity index (χ0n) is 10.8. The second-order valence-electron chi connectivity index (χ2n) is 4.13. The van der Waals surface area contributed by atoms with E-state index in [-0.39, 0.29) is 5.91 Å². The maximum Gasteiger partial charge on any atom is 0.269 e. The van der Waals surface area contributed by atoms with Crippen LogP contribution in [0, 0.1) is 6.92 Å². The largest absolute Gasteiger partial charge is 0.492 e. The number of nitrogens with zero attached hydrogens (tertiary/aromatic N) is 1. The Morgan fingerprint density at radius 2 is 2.00 bits per heavy atom. The maximum absolute atomic E-state index is 11.7. The number of carbonyl (C=O) groups is 1. The molecule has 1 amide bonds. The summed E-state index contributed by atoms with van der Waals surface area (Å²) in [5.41, 5.74) is 1.61. The summed E-state index contributed by atoms with van der Waals surface area (Å²) in [6, 6.07) is 13.0. The van der Waals surface area contributed by atoms with E-state index in [9.17, 15) is 4.79 Å². The van der Waals surface area contributed by atoms with Gasteiger partial charge in [-0.15, -0.1) is 0 Å². The lowest BCUT2D eigenvalue weighted by atomic mass is 10.2. The molecule has 2 rings (SSSR count). The first-order valence-corrected chi connectivity index (χ1v) is 6.14. The Morgan fingerprint density at radius 1 is 1.21 bits per heavy atom. The predicted octanol–water partition coefficient (Wildman–Crippen LogP) is 2.20. The van der Waals surface area contributed by atoms with Gasteiger partial charge in [0.25, 0.3) is 5.91 Å². The topological polar surface area (TPSA) is 51.2 Å². The van der Waals surface area contributed by atoms with Crippen molar-refractivity contribution in [1.82, 2.24) is 10.3 Å². The molecule has 98 valence electrons. The first-order chi connectivity index (χ1) is 9.25. The predicted molar refractivity (Wildman–Crippen MR) is 73.2 cm³/mol. The van der Waals surface area contributed by atoms with Crippen LogP contribution in [0.4, 0.5) is 0 Å². The average Bonchev–Trinajstić information content (AvgIpc) is 2.46. The molecule has 0 saturated carbocycles. The van der Waals surface area contributed by atoms with E-state index in [1.165, 1.54) is 5.56 Å². The fraction of sp³-hybridized carbons (Fsp3) is 0.200. The highest BCUT2D eigenvalue weighted by atomic mass is 16.5. The Morgan fingerprint density at radius 3 is 2.68 bits per heavy atom. The summed E-state index contributed by atoms with van der Waals surface area (Å²) in [5, 5.41) is 2.75. The molecule has 0 unspecified atom stereocenters. The zero-order chi connectivity index (χ0) is 13.5. The molecule has 1 N–H and O–H groups in total. The van der Waals surface area contributed by atoms with Crippen molar-refractivity contribution in [1.29, 1.82) is 0 Å². The first-order valence-electron chi connectivity index (χ1n) is 6.14. The van der Waals surface area contributed by atoms with Crippen molar-refractivity contribution >= 4 is 5.91 Å². The molecule has 0 aliphatic rings. The molecule has 0 aliphatic carbocycles. The molecule has 4 heteroatoms. The molecule has 2 aromatic rings. The van der Waals surface area contributed by atoms with E-state index in [4.69, 9.17) is 4.74 Å². The summed E-state index contributed by atoms with van der Waals surface area (Å²) in [4.78, 5) is 15.6. The summed E-state index contributed by atoms with van der Waals surface area (Å²) in [6.45, 7) is 2.90. The van der Waals surface area contributed by atoms with Gasteiger partial charge in [0, 0.05) is 6.20 Å². The minimum Gasteiger partial charge on any atom is -0.492 e. The maximum atomic E-state index is 11.7. The molecule has 0 aliphatic heterocycles. The third-order valence-corrected chi connectivity index (χ3v) is 2.57. The quantitative estimate of drug-likeness (QED) is 0.834. The highest BCUT2D eigenvalue weighted by Crippen LogP contribution is 2.10. The van der Waals surface area contributed by atoms with Gasteiger partial charge in [-0.25, -0.2) is 0 Å². The van der Waals surface area contributed by atoms with Gasteiger partial charge in [-0.05, 0) is 31.2 Å². The van der Waals surface area contributed by atoms with Gasteiger partial charge in [0.05, 0.1) is 6.54 Å². The van der Waals surface area contributed by atoms with Gasteiger partial charge >= 0.3 is 0 Å². The molecular weight excluding hydrogens is 240 g/mol. The average molecular weight is 256 g/mol. The fourth-order valence-corrected chi connectivity index (χ4v) is 1.56. The van der Waals surface area contributed by atoms with Gasteiger partial charge in [-0.2, -0.15) is 0 Å². The van der Waals surface area contributed by atoms with Crippen molar-refractivity contribution in [2.45, 2.75) is 6.92 Å². The minimum atomic E-state index is -0.187. The molecule has 0 spiro atoms. The van der Waals surface area contributed by atoms with Crippen molar-refractivity contribution in [3.8, 4) is 5.75 Å². The summed E-state index contributed by atoms with van der Waals surface area (Å²) in [5.74, 6) is 0.616. The summed E-state index contributed by atoms with van der Waals surface area (Å²) in [6.07, 6.45) is 1.59. The lowest BCUT2D eigenvalue weighted by molar-refractivity contribution is 0.0942. The van der Waals surface area contributed by atoms with Gasteiger partial charge in [0.15, 0.2) is 0 Å². The molecule has 1 aromatic heterocycles. The van der Waals surface area contributed by atoms with Crippen molar-refractivity contribution in [2.24, 2.45) is 0 Å². The van der Waals surface area contributed by atoms with E-state index in [1.807, 2.05) is 31.2 Å².